The number of rotatable bonds is 5. The van der Waals surface area contributed by atoms with Gasteiger partial charge in [0.25, 0.3) is 0 Å². The average molecular weight is 338 g/mol. The number of urea groups is 1. The van der Waals surface area contributed by atoms with Crippen molar-refractivity contribution in [2.75, 3.05) is 11.9 Å². The van der Waals surface area contributed by atoms with Gasteiger partial charge in [0, 0.05) is 18.8 Å². The van der Waals surface area contributed by atoms with Gasteiger partial charge in [0.1, 0.15) is 0 Å². The van der Waals surface area contributed by atoms with Crippen molar-refractivity contribution in [3.05, 3.63) is 63.6 Å². The zero-order valence-corrected chi connectivity index (χ0v) is 13.4. The molecule has 0 heterocycles. The number of amides is 2. The lowest BCUT2D eigenvalue weighted by Crippen LogP contribution is -2.31. The van der Waals surface area contributed by atoms with Crippen LogP contribution in [-0.2, 0) is 13.0 Å². The minimum atomic E-state index is -0.279. The lowest BCUT2D eigenvalue weighted by molar-refractivity contribution is 0.252. The van der Waals surface area contributed by atoms with E-state index in [1.54, 1.807) is 6.07 Å². The topological polar surface area (TPSA) is 67.1 Å². The number of carbonyl (C=O) groups is 1. The number of anilines is 1. The molecule has 22 heavy (non-hydrogen) atoms. The maximum absolute atomic E-state index is 11.9. The molecule has 0 aliphatic rings. The fourth-order valence-electron chi connectivity index (χ4n) is 2.04. The van der Waals surface area contributed by atoms with Gasteiger partial charge in [-0.15, -0.1) is 0 Å². The van der Waals surface area contributed by atoms with Crippen molar-refractivity contribution < 1.29 is 4.79 Å². The molecule has 0 radical (unpaired) electrons. The summed E-state index contributed by atoms with van der Waals surface area (Å²) in [7, 11) is 0. The standard InChI is InChI=1S/C16H17Cl2N3O/c17-13-6-3-5-11(15(13)18)8-9-20-16(22)21-14-7-2-1-4-12(14)10-19/h1-7H,8-10,19H2,(H2,20,21,22). The van der Waals surface area contributed by atoms with Gasteiger partial charge in [0.05, 0.1) is 10.0 Å². The highest BCUT2D eigenvalue weighted by Crippen LogP contribution is 2.25. The number of hydrogen-bond donors (Lipinski definition) is 3. The Bertz CT molecular complexity index is 662. The van der Waals surface area contributed by atoms with Gasteiger partial charge in [0.2, 0.25) is 0 Å². The molecule has 0 fully saturated rings. The number of hydrogen-bond acceptors (Lipinski definition) is 2. The van der Waals surface area contributed by atoms with Crippen molar-refractivity contribution in [2.24, 2.45) is 5.73 Å². The van der Waals surface area contributed by atoms with Gasteiger partial charge in [-0.05, 0) is 29.7 Å². The molecular formula is C16H17Cl2N3O. The van der Waals surface area contributed by atoms with E-state index >= 15 is 0 Å². The van der Waals surface area contributed by atoms with Gasteiger partial charge in [-0.2, -0.15) is 0 Å². The molecule has 0 spiro atoms. The molecule has 2 rings (SSSR count). The molecule has 0 aliphatic heterocycles. The molecule has 2 amide bonds. The van der Waals surface area contributed by atoms with Crippen molar-refractivity contribution in [1.29, 1.82) is 0 Å². The van der Waals surface area contributed by atoms with Crippen LogP contribution in [0.15, 0.2) is 42.5 Å². The van der Waals surface area contributed by atoms with Gasteiger partial charge in [-0.1, -0.05) is 53.5 Å². The van der Waals surface area contributed by atoms with Crippen LogP contribution in [0.3, 0.4) is 0 Å². The van der Waals surface area contributed by atoms with E-state index in [0.717, 1.165) is 11.1 Å². The first-order valence-electron chi connectivity index (χ1n) is 6.87. The second-order valence-electron chi connectivity index (χ2n) is 4.71. The highest BCUT2D eigenvalue weighted by molar-refractivity contribution is 6.42. The highest BCUT2D eigenvalue weighted by Gasteiger charge is 2.07. The van der Waals surface area contributed by atoms with Crippen LogP contribution in [0.25, 0.3) is 0 Å². The summed E-state index contributed by atoms with van der Waals surface area (Å²) in [4.78, 5) is 11.9. The Hall–Kier alpha value is -1.75. The minimum absolute atomic E-state index is 0.279. The number of nitrogens with two attached hydrogens (primary N) is 1. The summed E-state index contributed by atoms with van der Waals surface area (Å²) in [6.45, 7) is 0.825. The van der Waals surface area contributed by atoms with Crippen LogP contribution < -0.4 is 16.4 Å². The Kier molecular flexibility index (Phi) is 6.07. The molecule has 0 unspecified atom stereocenters. The van der Waals surface area contributed by atoms with Crippen molar-refractivity contribution in [2.45, 2.75) is 13.0 Å². The number of halogens is 2. The van der Waals surface area contributed by atoms with E-state index in [-0.39, 0.29) is 6.03 Å². The molecule has 2 aromatic rings. The number of para-hydroxylation sites is 1. The average Bonchev–Trinajstić information content (AvgIpc) is 2.52. The van der Waals surface area contributed by atoms with E-state index in [2.05, 4.69) is 10.6 Å². The van der Waals surface area contributed by atoms with Gasteiger partial charge in [-0.25, -0.2) is 4.79 Å². The van der Waals surface area contributed by atoms with Gasteiger partial charge in [0.15, 0.2) is 0 Å². The molecule has 4 N–H and O–H groups in total. The zero-order valence-electron chi connectivity index (χ0n) is 11.9. The molecule has 0 atom stereocenters. The zero-order chi connectivity index (χ0) is 15.9. The first kappa shape index (κ1) is 16.6. The molecule has 0 saturated carbocycles. The SMILES string of the molecule is NCc1ccccc1NC(=O)NCCc1cccc(Cl)c1Cl. The summed E-state index contributed by atoms with van der Waals surface area (Å²) in [5.41, 5.74) is 8.13. The van der Waals surface area contributed by atoms with Crippen molar-refractivity contribution in [3.8, 4) is 0 Å². The van der Waals surface area contributed by atoms with Crippen LogP contribution in [0, 0.1) is 0 Å². The maximum atomic E-state index is 11.9. The van der Waals surface area contributed by atoms with E-state index in [4.69, 9.17) is 28.9 Å². The van der Waals surface area contributed by atoms with Crippen molar-refractivity contribution in [1.82, 2.24) is 5.32 Å². The number of benzene rings is 2. The predicted octanol–water partition coefficient (Wildman–Crippen LogP) is 3.82. The fourth-order valence-corrected chi connectivity index (χ4v) is 2.45. The summed E-state index contributed by atoms with van der Waals surface area (Å²) < 4.78 is 0. The second kappa shape index (κ2) is 8.03. The highest BCUT2D eigenvalue weighted by atomic mass is 35.5. The van der Waals surface area contributed by atoms with Crippen LogP contribution in [0.1, 0.15) is 11.1 Å². The van der Waals surface area contributed by atoms with Gasteiger partial charge in [-0.3, -0.25) is 0 Å². The maximum Gasteiger partial charge on any atom is 0.319 e. The molecule has 4 nitrogen and oxygen atoms in total. The Morgan fingerprint density at radius 2 is 1.77 bits per heavy atom. The third-order valence-electron chi connectivity index (χ3n) is 3.20. The predicted molar refractivity (Wildman–Crippen MR) is 91.5 cm³/mol. The first-order valence-corrected chi connectivity index (χ1v) is 7.63. The molecular weight excluding hydrogens is 321 g/mol. The van der Waals surface area contributed by atoms with E-state index in [9.17, 15) is 4.79 Å². The molecule has 0 saturated heterocycles. The van der Waals surface area contributed by atoms with E-state index in [1.807, 2.05) is 36.4 Å². The van der Waals surface area contributed by atoms with Gasteiger partial charge < -0.3 is 16.4 Å². The second-order valence-corrected chi connectivity index (χ2v) is 5.49. The lowest BCUT2D eigenvalue weighted by atomic mass is 10.1. The molecule has 0 aliphatic carbocycles. The molecule has 116 valence electrons. The fraction of sp³-hybridized carbons (Fsp3) is 0.188. The van der Waals surface area contributed by atoms with Gasteiger partial charge >= 0.3 is 6.03 Å². The van der Waals surface area contributed by atoms with Crippen LogP contribution in [0.5, 0.6) is 0 Å². The first-order chi connectivity index (χ1) is 10.6. The quantitative estimate of drug-likeness (QED) is 0.776. The van der Waals surface area contributed by atoms with Crippen molar-refractivity contribution in [3.63, 3.8) is 0 Å². The Morgan fingerprint density at radius 3 is 2.55 bits per heavy atom. The molecule has 2 aromatic carbocycles. The van der Waals surface area contributed by atoms with Crippen LogP contribution in [0.2, 0.25) is 10.0 Å². The summed E-state index contributed by atoms with van der Waals surface area (Å²) >= 11 is 12.1. The monoisotopic (exact) mass is 337 g/mol. The number of nitrogens with one attached hydrogen (secondary N) is 2. The Balaban J connectivity index is 1.87. The van der Waals surface area contributed by atoms with Crippen LogP contribution in [-0.4, -0.2) is 12.6 Å². The minimum Gasteiger partial charge on any atom is -0.338 e. The molecule has 0 aromatic heterocycles. The van der Waals surface area contributed by atoms with Crippen molar-refractivity contribution >= 4 is 34.9 Å². The molecule has 6 heteroatoms. The molecule has 0 bridgehead atoms. The number of carbonyl (C=O) groups excluding carboxylic acids is 1. The van der Waals surface area contributed by atoms with Crippen LogP contribution >= 0.6 is 23.2 Å². The largest absolute Gasteiger partial charge is 0.338 e. The Labute approximate surface area is 139 Å². The Morgan fingerprint density at radius 1 is 1.05 bits per heavy atom. The van der Waals surface area contributed by atoms with E-state index in [1.165, 1.54) is 0 Å². The van der Waals surface area contributed by atoms with E-state index in [0.29, 0.717) is 35.2 Å². The summed E-state index contributed by atoms with van der Waals surface area (Å²) in [5, 5.41) is 6.61. The summed E-state index contributed by atoms with van der Waals surface area (Å²) in [6, 6.07) is 12.6. The lowest BCUT2D eigenvalue weighted by Gasteiger charge is -2.11. The normalized spacial score (nSPS) is 10.3. The van der Waals surface area contributed by atoms with E-state index < -0.39 is 0 Å². The van der Waals surface area contributed by atoms with Crippen LogP contribution in [0.4, 0.5) is 10.5 Å². The summed E-state index contributed by atoms with van der Waals surface area (Å²) in [6.07, 6.45) is 0.603. The summed E-state index contributed by atoms with van der Waals surface area (Å²) in [5.74, 6) is 0. The smallest absolute Gasteiger partial charge is 0.319 e. The third kappa shape index (κ3) is 4.37. The third-order valence-corrected chi connectivity index (χ3v) is 4.05.